The number of urea groups is 1. The number of nitrogens with zero attached hydrogens (tertiary/aromatic N) is 3. The first kappa shape index (κ1) is 22.6. The Balaban J connectivity index is 1.24. The molecular weight excluding hydrogens is 426 g/mol. The molecule has 0 saturated carbocycles. The summed E-state index contributed by atoms with van der Waals surface area (Å²) >= 11 is 5.99. The molecular formula is C24H30ClN5O2. The highest BCUT2D eigenvalue weighted by Gasteiger charge is 2.25. The minimum Gasteiger partial charge on any atom is -0.355 e. The smallest absolute Gasteiger partial charge is 0.321 e. The van der Waals surface area contributed by atoms with Crippen LogP contribution in [0.3, 0.4) is 0 Å². The Hall–Kier alpha value is -2.64. The van der Waals surface area contributed by atoms with Crippen molar-refractivity contribution in [3.05, 3.63) is 53.2 Å². The number of hydrogen-bond donors (Lipinski definition) is 2. The minimum absolute atomic E-state index is 0.0798. The van der Waals surface area contributed by atoms with Gasteiger partial charge in [0.25, 0.3) is 0 Å². The highest BCUT2D eigenvalue weighted by Crippen LogP contribution is 2.29. The fourth-order valence-corrected chi connectivity index (χ4v) is 4.55. The number of aromatic nitrogens is 1. The number of amides is 2. The van der Waals surface area contributed by atoms with Gasteiger partial charge in [0.2, 0.25) is 0 Å². The van der Waals surface area contributed by atoms with Crippen LogP contribution in [-0.4, -0.2) is 60.5 Å². The first-order chi connectivity index (χ1) is 15.5. The van der Waals surface area contributed by atoms with Crippen LogP contribution in [0.1, 0.15) is 37.7 Å². The van der Waals surface area contributed by atoms with E-state index in [1.54, 1.807) is 13.1 Å². The van der Waals surface area contributed by atoms with Gasteiger partial charge in [-0.05, 0) is 61.9 Å². The van der Waals surface area contributed by atoms with Gasteiger partial charge in [-0.2, -0.15) is 0 Å². The SMILES string of the molecule is CC(=O)CNC1CCN(c2ccc(NC(=O)N3CCC(c4ccc(Cl)cc4)CC3)cn2)C1. The number of benzene rings is 1. The van der Waals surface area contributed by atoms with E-state index in [9.17, 15) is 9.59 Å². The quantitative estimate of drug-likeness (QED) is 0.690. The van der Waals surface area contributed by atoms with Crippen molar-refractivity contribution < 1.29 is 9.59 Å². The average molecular weight is 456 g/mol. The van der Waals surface area contributed by atoms with E-state index >= 15 is 0 Å². The highest BCUT2D eigenvalue weighted by atomic mass is 35.5. The Kier molecular flexibility index (Phi) is 7.27. The van der Waals surface area contributed by atoms with Crippen molar-refractivity contribution in [3.8, 4) is 0 Å². The van der Waals surface area contributed by atoms with E-state index < -0.39 is 0 Å². The van der Waals surface area contributed by atoms with Gasteiger partial charge in [-0.3, -0.25) is 4.79 Å². The van der Waals surface area contributed by atoms with Gasteiger partial charge in [0.05, 0.1) is 18.4 Å². The van der Waals surface area contributed by atoms with Crippen molar-refractivity contribution in [2.45, 2.75) is 38.1 Å². The summed E-state index contributed by atoms with van der Waals surface area (Å²) < 4.78 is 0. The zero-order chi connectivity index (χ0) is 22.5. The molecule has 0 aliphatic carbocycles. The van der Waals surface area contributed by atoms with Crippen molar-refractivity contribution in [3.63, 3.8) is 0 Å². The minimum atomic E-state index is -0.0798. The normalized spacial score (nSPS) is 19.2. The molecule has 170 valence electrons. The van der Waals surface area contributed by atoms with E-state index in [1.165, 1.54) is 5.56 Å². The largest absolute Gasteiger partial charge is 0.355 e. The number of carbonyl (C=O) groups excluding carboxylic acids is 2. The van der Waals surface area contributed by atoms with Gasteiger partial charge in [0.15, 0.2) is 0 Å². The molecule has 1 aromatic carbocycles. The van der Waals surface area contributed by atoms with Gasteiger partial charge < -0.3 is 20.4 Å². The van der Waals surface area contributed by atoms with Gasteiger partial charge >= 0.3 is 6.03 Å². The van der Waals surface area contributed by atoms with E-state index in [2.05, 4.69) is 32.7 Å². The second-order valence-corrected chi connectivity index (χ2v) is 9.10. The van der Waals surface area contributed by atoms with E-state index in [1.807, 2.05) is 29.2 Å². The lowest BCUT2D eigenvalue weighted by Crippen LogP contribution is -2.40. The molecule has 2 aromatic rings. The maximum absolute atomic E-state index is 12.7. The molecule has 32 heavy (non-hydrogen) atoms. The standard InChI is InChI=1S/C24H30ClN5O2/c1-17(31)14-26-22-10-13-30(16-22)23-7-6-21(15-27-23)28-24(32)29-11-8-19(9-12-29)18-2-4-20(25)5-3-18/h2-7,15,19,22,26H,8-14,16H2,1H3,(H,28,32). The number of piperidine rings is 1. The average Bonchev–Trinajstić information content (AvgIpc) is 3.28. The lowest BCUT2D eigenvalue weighted by atomic mass is 9.89. The van der Waals surface area contributed by atoms with Crippen LogP contribution in [0.15, 0.2) is 42.6 Å². The van der Waals surface area contributed by atoms with Gasteiger partial charge in [-0.25, -0.2) is 9.78 Å². The molecule has 2 N–H and O–H groups in total. The number of likely N-dealkylation sites (tertiary alicyclic amines) is 1. The summed E-state index contributed by atoms with van der Waals surface area (Å²) in [5.74, 6) is 1.50. The van der Waals surface area contributed by atoms with Crippen molar-refractivity contribution in [1.29, 1.82) is 0 Å². The number of Topliss-reactive ketones (excluding diaryl/α,β-unsaturated/α-hetero) is 1. The third-order valence-electron chi connectivity index (χ3n) is 6.27. The summed E-state index contributed by atoms with van der Waals surface area (Å²) in [6, 6.07) is 12.1. The van der Waals surface area contributed by atoms with Crippen molar-refractivity contribution in [1.82, 2.24) is 15.2 Å². The Morgan fingerprint density at radius 3 is 2.47 bits per heavy atom. The second kappa shape index (κ2) is 10.3. The number of pyridine rings is 1. The monoisotopic (exact) mass is 455 g/mol. The molecule has 4 rings (SSSR count). The molecule has 0 bridgehead atoms. The van der Waals surface area contributed by atoms with E-state index in [-0.39, 0.29) is 11.8 Å². The molecule has 2 saturated heterocycles. The lowest BCUT2D eigenvalue weighted by molar-refractivity contribution is -0.116. The third kappa shape index (κ3) is 5.78. The molecule has 8 heteroatoms. The molecule has 2 fully saturated rings. The van der Waals surface area contributed by atoms with Crippen molar-refractivity contribution >= 4 is 34.9 Å². The number of ketones is 1. The van der Waals surface area contributed by atoms with Crippen LogP contribution in [0.25, 0.3) is 0 Å². The van der Waals surface area contributed by atoms with Gasteiger partial charge in [-0.1, -0.05) is 23.7 Å². The number of halogens is 1. The number of hydrogen-bond acceptors (Lipinski definition) is 5. The lowest BCUT2D eigenvalue weighted by Gasteiger charge is -2.32. The van der Waals surface area contributed by atoms with Gasteiger partial charge in [0, 0.05) is 37.2 Å². The number of nitrogens with one attached hydrogen (secondary N) is 2. The van der Waals surface area contributed by atoms with Gasteiger partial charge in [0.1, 0.15) is 11.6 Å². The maximum atomic E-state index is 12.7. The Labute approximate surface area is 194 Å². The summed E-state index contributed by atoms with van der Waals surface area (Å²) in [4.78, 5) is 32.4. The summed E-state index contributed by atoms with van der Waals surface area (Å²) in [7, 11) is 0. The first-order valence-electron chi connectivity index (χ1n) is 11.2. The summed E-state index contributed by atoms with van der Waals surface area (Å²) in [6.45, 7) is 5.19. The topological polar surface area (TPSA) is 77.6 Å². The van der Waals surface area contributed by atoms with Gasteiger partial charge in [-0.15, -0.1) is 0 Å². The zero-order valence-electron chi connectivity index (χ0n) is 18.4. The van der Waals surface area contributed by atoms with Crippen LogP contribution >= 0.6 is 11.6 Å². The Morgan fingerprint density at radius 1 is 1.06 bits per heavy atom. The summed E-state index contributed by atoms with van der Waals surface area (Å²) in [5.41, 5.74) is 1.99. The molecule has 0 spiro atoms. The zero-order valence-corrected chi connectivity index (χ0v) is 19.1. The molecule has 2 aliphatic rings. The molecule has 1 aromatic heterocycles. The third-order valence-corrected chi connectivity index (χ3v) is 6.53. The predicted octanol–water partition coefficient (Wildman–Crippen LogP) is 3.90. The molecule has 1 unspecified atom stereocenters. The van der Waals surface area contributed by atoms with E-state index in [0.29, 0.717) is 24.2 Å². The Bertz CT molecular complexity index is 926. The number of anilines is 2. The fraction of sp³-hybridized carbons (Fsp3) is 0.458. The van der Waals surface area contributed by atoms with Crippen LogP contribution < -0.4 is 15.5 Å². The Morgan fingerprint density at radius 2 is 1.81 bits per heavy atom. The van der Waals surface area contributed by atoms with E-state index in [4.69, 9.17) is 11.6 Å². The fourth-order valence-electron chi connectivity index (χ4n) is 4.42. The molecule has 1 atom stereocenters. The molecule has 0 radical (unpaired) electrons. The van der Waals surface area contributed by atoms with Crippen LogP contribution in [0.4, 0.5) is 16.3 Å². The predicted molar refractivity (Wildman–Crippen MR) is 128 cm³/mol. The van der Waals surface area contributed by atoms with Crippen molar-refractivity contribution in [2.75, 3.05) is 42.9 Å². The molecule has 7 nitrogen and oxygen atoms in total. The first-order valence-corrected chi connectivity index (χ1v) is 11.6. The van der Waals surface area contributed by atoms with E-state index in [0.717, 1.165) is 56.3 Å². The summed E-state index contributed by atoms with van der Waals surface area (Å²) in [5, 5.41) is 7.00. The molecule has 2 aliphatic heterocycles. The highest BCUT2D eigenvalue weighted by molar-refractivity contribution is 6.30. The molecule has 2 amide bonds. The van der Waals surface area contributed by atoms with Crippen LogP contribution in [0, 0.1) is 0 Å². The number of rotatable bonds is 6. The van der Waals surface area contributed by atoms with Crippen molar-refractivity contribution in [2.24, 2.45) is 0 Å². The number of carbonyl (C=O) groups is 2. The summed E-state index contributed by atoms with van der Waals surface area (Å²) in [6.07, 6.45) is 4.59. The van der Waals surface area contributed by atoms with Crippen LogP contribution in [0.2, 0.25) is 5.02 Å². The van der Waals surface area contributed by atoms with Crippen LogP contribution in [0.5, 0.6) is 0 Å². The molecule has 3 heterocycles. The maximum Gasteiger partial charge on any atom is 0.321 e. The van der Waals surface area contributed by atoms with Crippen LogP contribution in [-0.2, 0) is 4.79 Å². The second-order valence-electron chi connectivity index (χ2n) is 8.66.